The summed E-state index contributed by atoms with van der Waals surface area (Å²) in [5.74, 6) is 0.0140. The molecule has 0 unspecified atom stereocenters. The Kier molecular flexibility index (Phi) is 4.31. The largest absolute Gasteiger partial charge is 0.465 e. The fourth-order valence-electron chi connectivity index (χ4n) is 3.00. The second-order valence-electron chi connectivity index (χ2n) is 6.31. The van der Waals surface area contributed by atoms with Gasteiger partial charge in [0, 0.05) is 18.9 Å². The molecule has 0 saturated heterocycles. The fourth-order valence-corrected chi connectivity index (χ4v) is 3.00. The Hall–Kier alpha value is -3.10. The van der Waals surface area contributed by atoms with E-state index in [1.54, 1.807) is 36.1 Å². The van der Waals surface area contributed by atoms with Gasteiger partial charge < -0.3 is 9.30 Å². The van der Waals surface area contributed by atoms with Gasteiger partial charge in [-0.2, -0.15) is 4.98 Å². The molecule has 26 heavy (non-hydrogen) atoms. The van der Waals surface area contributed by atoms with Crippen molar-refractivity contribution in [1.29, 1.82) is 0 Å². The summed E-state index contributed by atoms with van der Waals surface area (Å²) in [5, 5.41) is 0. The number of hydrogen-bond donors (Lipinski definition) is 0. The van der Waals surface area contributed by atoms with Gasteiger partial charge in [-0.15, -0.1) is 0 Å². The maximum absolute atomic E-state index is 12.9. The first-order valence-electron chi connectivity index (χ1n) is 8.24. The summed E-state index contributed by atoms with van der Waals surface area (Å²) in [6.45, 7) is 9.48. The van der Waals surface area contributed by atoms with Crippen molar-refractivity contribution in [2.45, 2.75) is 33.9 Å². The summed E-state index contributed by atoms with van der Waals surface area (Å²) >= 11 is 0. The molecule has 3 aromatic rings. The Morgan fingerprint density at radius 2 is 1.96 bits per heavy atom. The van der Waals surface area contributed by atoms with Crippen molar-refractivity contribution in [3.63, 3.8) is 0 Å². The van der Waals surface area contributed by atoms with Gasteiger partial charge in [0.1, 0.15) is 6.54 Å². The summed E-state index contributed by atoms with van der Waals surface area (Å²) in [5.41, 5.74) is 1.11. The summed E-state index contributed by atoms with van der Waals surface area (Å²) in [4.78, 5) is 41.7. The molecule has 0 spiro atoms. The van der Waals surface area contributed by atoms with E-state index in [0.717, 1.165) is 10.3 Å². The van der Waals surface area contributed by atoms with Crippen LogP contribution in [0.2, 0.25) is 0 Å². The minimum Gasteiger partial charge on any atom is -0.465 e. The van der Waals surface area contributed by atoms with E-state index >= 15 is 0 Å². The van der Waals surface area contributed by atoms with E-state index in [1.165, 1.54) is 4.57 Å². The minimum absolute atomic E-state index is 0.0204. The Morgan fingerprint density at radius 3 is 2.58 bits per heavy atom. The van der Waals surface area contributed by atoms with Crippen LogP contribution in [0.3, 0.4) is 0 Å². The van der Waals surface area contributed by atoms with E-state index in [4.69, 9.17) is 4.74 Å². The average Bonchev–Trinajstić information content (AvgIpc) is 3.06. The normalized spacial score (nSPS) is 11.4. The Balaban J connectivity index is 2.32. The molecule has 9 nitrogen and oxygen atoms in total. The minimum atomic E-state index is -0.458. The Morgan fingerprint density at radius 1 is 1.27 bits per heavy atom. The molecule has 0 fully saturated rings. The van der Waals surface area contributed by atoms with Gasteiger partial charge in [-0.3, -0.25) is 23.1 Å². The molecule has 0 aliphatic heterocycles. The zero-order valence-electron chi connectivity index (χ0n) is 15.3. The van der Waals surface area contributed by atoms with Gasteiger partial charge in [0.2, 0.25) is 5.78 Å². The molecule has 3 heterocycles. The number of esters is 1. The second-order valence-corrected chi connectivity index (χ2v) is 6.31. The lowest BCUT2D eigenvalue weighted by Crippen LogP contribution is -2.39. The third-order valence-electron chi connectivity index (χ3n) is 4.16. The number of hydrogen-bond acceptors (Lipinski definition) is 5. The highest BCUT2D eigenvalue weighted by atomic mass is 16.5. The molecule has 0 N–H and O–H groups in total. The van der Waals surface area contributed by atoms with Crippen molar-refractivity contribution in [2.75, 3.05) is 6.61 Å². The first-order valence-corrected chi connectivity index (χ1v) is 8.24. The predicted molar refractivity (Wildman–Crippen MR) is 96.4 cm³/mol. The number of carbonyl (C=O) groups excluding carboxylic acids is 1. The van der Waals surface area contributed by atoms with Crippen LogP contribution in [0.4, 0.5) is 0 Å². The number of carbonyl (C=O) groups is 1. The summed E-state index contributed by atoms with van der Waals surface area (Å²) < 4.78 is 10.7. The smallest absolute Gasteiger partial charge is 0.332 e. The van der Waals surface area contributed by atoms with E-state index in [1.807, 2.05) is 6.92 Å². The number of nitrogens with zero attached hydrogens (tertiary/aromatic N) is 5. The molecule has 9 heteroatoms. The Bertz CT molecular complexity index is 1160. The zero-order chi connectivity index (χ0) is 19.2. The molecule has 3 rings (SSSR count). The van der Waals surface area contributed by atoms with E-state index in [0.29, 0.717) is 11.4 Å². The highest BCUT2D eigenvalue weighted by Crippen LogP contribution is 2.16. The fraction of sp³-hybridized carbons (Fsp3) is 0.412. The lowest BCUT2D eigenvalue weighted by Gasteiger charge is -2.07. The highest BCUT2D eigenvalue weighted by Gasteiger charge is 2.21. The molecule has 3 aromatic heterocycles. The predicted octanol–water partition coefficient (Wildman–Crippen LogP) is 0.597. The number of aryl methyl sites for hydroxylation is 2. The van der Waals surface area contributed by atoms with Crippen LogP contribution in [-0.2, 0) is 29.7 Å². The maximum Gasteiger partial charge on any atom is 0.332 e. The van der Waals surface area contributed by atoms with E-state index in [-0.39, 0.29) is 30.9 Å². The molecule has 0 aliphatic carbocycles. The monoisotopic (exact) mass is 359 g/mol. The molecule has 0 aromatic carbocycles. The molecule has 0 radical (unpaired) electrons. The highest BCUT2D eigenvalue weighted by molar-refractivity contribution is 5.77. The maximum atomic E-state index is 12.9. The van der Waals surface area contributed by atoms with Gasteiger partial charge in [0.25, 0.3) is 5.56 Å². The van der Waals surface area contributed by atoms with Gasteiger partial charge in [0.15, 0.2) is 11.2 Å². The van der Waals surface area contributed by atoms with Crippen molar-refractivity contribution in [3.05, 3.63) is 44.9 Å². The first kappa shape index (κ1) is 17.7. The molecule has 0 atom stereocenters. The topological polar surface area (TPSA) is 92.5 Å². The van der Waals surface area contributed by atoms with Crippen LogP contribution in [0.15, 0.2) is 27.9 Å². The number of rotatable bonds is 5. The van der Waals surface area contributed by atoms with Gasteiger partial charge in [0.05, 0.1) is 13.2 Å². The molecule has 0 aliphatic rings. The number of ether oxygens (including phenoxy) is 1. The molecule has 0 amide bonds. The summed E-state index contributed by atoms with van der Waals surface area (Å²) in [7, 11) is 1.56. The molecule has 0 bridgehead atoms. The van der Waals surface area contributed by atoms with Gasteiger partial charge in [-0.05, 0) is 20.8 Å². The van der Waals surface area contributed by atoms with Gasteiger partial charge in [-0.1, -0.05) is 12.2 Å². The number of fused-ring (bicyclic) bond motifs is 3. The van der Waals surface area contributed by atoms with Crippen molar-refractivity contribution < 1.29 is 9.53 Å². The van der Waals surface area contributed by atoms with Crippen LogP contribution >= 0.6 is 0 Å². The van der Waals surface area contributed by atoms with Crippen molar-refractivity contribution in [3.8, 4) is 0 Å². The Labute approximate surface area is 148 Å². The lowest BCUT2D eigenvalue weighted by atomic mass is 10.3. The van der Waals surface area contributed by atoms with E-state index in [2.05, 4.69) is 11.6 Å². The van der Waals surface area contributed by atoms with E-state index in [9.17, 15) is 14.4 Å². The summed E-state index contributed by atoms with van der Waals surface area (Å²) in [6, 6.07) is 0. The van der Waals surface area contributed by atoms with Gasteiger partial charge in [-0.25, -0.2) is 4.79 Å². The SMILES string of the molecule is C=C(C)Cn1c(=O)c2c(nc3n(CC(=O)OCC)c(C)cn23)n(C)c1=O. The van der Waals surface area contributed by atoms with Crippen LogP contribution in [0.5, 0.6) is 0 Å². The molecule has 138 valence electrons. The van der Waals surface area contributed by atoms with Crippen molar-refractivity contribution >= 4 is 22.9 Å². The summed E-state index contributed by atoms with van der Waals surface area (Å²) in [6.07, 6.45) is 1.72. The number of allylic oxidation sites excluding steroid dienone is 1. The quantitative estimate of drug-likeness (QED) is 0.491. The van der Waals surface area contributed by atoms with Crippen molar-refractivity contribution in [2.24, 2.45) is 7.05 Å². The molecule has 0 saturated carbocycles. The van der Waals surface area contributed by atoms with Crippen molar-refractivity contribution in [1.82, 2.24) is 23.1 Å². The first-order chi connectivity index (χ1) is 12.3. The van der Waals surface area contributed by atoms with Crippen LogP contribution in [0.25, 0.3) is 16.9 Å². The van der Waals surface area contributed by atoms with Gasteiger partial charge >= 0.3 is 11.7 Å². The number of aromatic nitrogens is 5. The second kappa shape index (κ2) is 6.32. The van der Waals surface area contributed by atoms with Crippen LogP contribution < -0.4 is 11.2 Å². The van der Waals surface area contributed by atoms with Crippen LogP contribution in [0, 0.1) is 6.92 Å². The van der Waals surface area contributed by atoms with E-state index < -0.39 is 17.2 Å². The lowest BCUT2D eigenvalue weighted by molar-refractivity contribution is -0.143. The molecular formula is C17H21N5O4. The standard InChI is InChI=1S/C17H21N5O4/c1-6-26-12(23)9-20-11(4)8-21-13-14(18-16(20)21)19(5)17(25)22(15(13)24)7-10(2)3/h8H,2,6-7,9H2,1,3-5H3. The zero-order valence-corrected chi connectivity index (χ0v) is 15.3. The van der Waals surface area contributed by atoms with Crippen LogP contribution in [0.1, 0.15) is 19.5 Å². The average molecular weight is 359 g/mol. The third kappa shape index (κ3) is 2.65. The van der Waals surface area contributed by atoms with Crippen LogP contribution in [-0.4, -0.2) is 35.7 Å². The third-order valence-corrected chi connectivity index (χ3v) is 4.16. The molecular weight excluding hydrogens is 338 g/mol. The number of imidazole rings is 2.